The van der Waals surface area contributed by atoms with E-state index < -0.39 is 22.4 Å². The molecule has 0 bridgehead atoms. The Kier molecular flexibility index (Phi) is 6.62. The molecule has 0 radical (unpaired) electrons. The maximum Gasteiger partial charge on any atom is 0.509 e. The summed E-state index contributed by atoms with van der Waals surface area (Å²) in [4.78, 5) is 11.9. The van der Waals surface area contributed by atoms with Crippen molar-refractivity contribution in [2.24, 2.45) is 0 Å². The van der Waals surface area contributed by atoms with E-state index in [2.05, 4.69) is 4.74 Å². The number of phenols is 1. The zero-order valence-corrected chi connectivity index (χ0v) is 19.3. The molecule has 0 fully saturated rings. The SMILES string of the molecule is COC(=O)OC1c2ccc(O)cc2CCN1S(=O)(=O)c1ccc(Oc2ccc(OC)cc2)cc1. The van der Waals surface area contributed by atoms with Crippen LogP contribution in [0.4, 0.5) is 4.79 Å². The number of sulfonamides is 1. The highest BCUT2D eigenvalue weighted by atomic mass is 32.2. The molecule has 1 heterocycles. The van der Waals surface area contributed by atoms with Gasteiger partial charge >= 0.3 is 6.16 Å². The minimum absolute atomic E-state index is 0.00951. The average Bonchev–Trinajstić information content (AvgIpc) is 2.84. The second-order valence-electron chi connectivity index (χ2n) is 7.42. The molecule has 0 spiro atoms. The third kappa shape index (κ3) is 4.78. The first kappa shape index (κ1) is 23.4. The zero-order chi connectivity index (χ0) is 24.3. The Morgan fingerprint density at radius 1 is 0.941 bits per heavy atom. The number of aromatic hydroxyl groups is 1. The molecule has 1 atom stereocenters. The summed E-state index contributed by atoms with van der Waals surface area (Å²) in [7, 11) is -1.34. The Morgan fingerprint density at radius 2 is 1.56 bits per heavy atom. The van der Waals surface area contributed by atoms with Gasteiger partial charge in [0.25, 0.3) is 0 Å². The van der Waals surface area contributed by atoms with Gasteiger partial charge < -0.3 is 24.1 Å². The van der Waals surface area contributed by atoms with Crippen LogP contribution < -0.4 is 9.47 Å². The van der Waals surface area contributed by atoms with Crippen molar-refractivity contribution < 1.29 is 37.3 Å². The van der Waals surface area contributed by atoms with Gasteiger partial charge in [-0.05, 0) is 78.7 Å². The number of carbonyl (C=O) groups is 1. The van der Waals surface area contributed by atoms with Crippen LogP contribution in [0.2, 0.25) is 0 Å². The fraction of sp³-hybridized carbons (Fsp3) is 0.208. The summed E-state index contributed by atoms with van der Waals surface area (Å²) in [5, 5.41) is 9.78. The highest BCUT2D eigenvalue weighted by molar-refractivity contribution is 7.89. The molecular weight excluding hydrogens is 462 g/mol. The zero-order valence-electron chi connectivity index (χ0n) is 18.5. The fourth-order valence-corrected chi connectivity index (χ4v) is 5.15. The van der Waals surface area contributed by atoms with Gasteiger partial charge in [-0.2, -0.15) is 4.31 Å². The standard InChI is InChI=1S/C24H23NO8S/c1-30-18-4-6-19(7-5-18)32-20-8-10-21(11-9-20)34(28,29)25-14-13-16-15-17(26)3-12-22(16)23(25)33-24(27)31-2/h3-12,15,23,26H,13-14H2,1-2H3. The Morgan fingerprint density at radius 3 is 2.18 bits per heavy atom. The van der Waals surface area contributed by atoms with E-state index in [0.717, 1.165) is 11.4 Å². The van der Waals surface area contributed by atoms with Crippen molar-refractivity contribution in [3.8, 4) is 23.0 Å². The maximum absolute atomic E-state index is 13.5. The van der Waals surface area contributed by atoms with E-state index >= 15 is 0 Å². The first-order valence-corrected chi connectivity index (χ1v) is 11.8. The number of rotatable bonds is 6. The quantitative estimate of drug-likeness (QED) is 0.517. The lowest BCUT2D eigenvalue weighted by Gasteiger charge is -2.35. The fourth-order valence-electron chi connectivity index (χ4n) is 3.66. The van der Waals surface area contributed by atoms with Crippen LogP contribution in [0.25, 0.3) is 0 Å². The Bertz CT molecular complexity index is 1270. The van der Waals surface area contributed by atoms with Gasteiger partial charge in [0.15, 0.2) is 6.23 Å². The molecule has 3 aromatic carbocycles. The normalized spacial score (nSPS) is 15.8. The van der Waals surface area contributed by atoms with Gasteiger partial charge in [-0.3, -0.25) is 0 Å². The molecule has 3 aromatic rings. The van der Waals surface area contributed by atoms with Crippen molar-refractivity contribution in [1.82, 2.24) is 4.31 Å². The summed E-state index contributed by atoms with van der Waals surface area (Å²) in [5.41, 5.74) is 1.14. The van der Waals surface area contributed by atoms with E-state index in [1.807, 2.05) is 0 Å². The van der Waals surface area contributed by atoms with Crippen LogP contribution in [0.5, 0.6) is 23.0 Å². The lowest BCUT2D eigenvalue weighted by atomic mass is 9.99. The van der Waals surface area contributed by atoms with Crippen molar-refractivity contribution >= 4 is 16.2 Å². The summed E-state index contributed by atoms with van der Waals surface area (Å²) >= 11 is 0. The number of ether oxygens (including phenoxy) is 4. The molecule has 0 aliphatic carbocycles. The summed E-state index contributed by atoms with van der Waals surface area (Å²) in [5.74, 6) is 1.75. The monoisotopic (exact) mass is 485 g/mol. The van der Waals surface area contributed by atoms with Gasteiger partial charge in [-0.1, -0.05) is 0 Å². The minimum Gasteiger partial charge on any atom is -0.508 e. The molecule has 0 saturated carbocycles. The Hall–Kier alpha value is -3.76. The van der Waals surface area contributed by atoms with Gasteiger partial charge in [-0.15, -0.1) is 0 Å². The number of methoxy groups -OCH3 is 2. The smallest absolute Gasteiger partial charge is 0.508 e. The summed E-state index contributed by atoms with van der Waals surface area (Å²) in [6, 6.07) is 17.4. The molecule has 0 saturated heterocycles. The third-order valence-corrected chi connectivity index (χ3v) is 7.22. The number of hydrogen-bond acceptors (Lipinski definition) is 8. The number of hydrogen-bond donors (Lipinski definition) is 1. The van der Waals surface area contributed by atoms with E-state index in [-0.39, 0.29) is 17.2 Å². The second kappa shape index (κ2) is 9.62. The van der Waals surface area contributed by atoms with Crippen LogP contribution in [0.1, 0.15) is 17.4 Å². The van der Waals surface area contributed by atoms with E-state index in [1.165, 1.54) is 30.3 Å². The van der Waals surface area contributed by atoms with Crippen molar-refractivity contribution in [3.63, 3.8) is 0 Å². The van der Waals surface area contributed by atoms with Crippen LogP contribution in [-0.4, -0.2) is 44.7 Å². The summed E-state index contributed by atoms with van der Waals surface area (Å²) in [6.45, 7) is 0.0462. The predicted octanol–water partition coefficient (Wildman–Crippen LogP) is 4.22. The lowest BCUT2D eigenvalue weighted by molar-refractivity contribution is -0.0149. The molecule has 0 aromatic heterocycles. The van der Waals surface area contributed by atoms with Crippen LogP contribution in [-0.2, 0) is 25.9 Å². The van der Waals surface area contributed by atoms with Crippen LogP contribution in [0, 0.1) is 0 Å². The Labute approximate surface area is 197 Å². The molecule has 1 N–H and O–H groups in total. The highest BCUT2D eigenvalue weighted by Crippen LogP contribution is 2.37. The molecule has 4 rings (SSSR count). The van der Waals surface area contributed by atoms with Gasteiger partial charge in [0.2, 0.25) is 10.0 Å². The lowest BCUT2D eigenvalue weighted by Crippen LogP contribution is -2.42. The van der Waals surface area contributed by atoms with E-state index in [1.54, 1.807) is 43.5 Å². The largest absolute Gasteiger partial charge is 0.509 e. The van der Waals surface area contributed by atoms with Gasteiger partial charge in [0.1, 0.15) is 23.0 Å². The number of benzene rings is 3. The van der Waals surface area contributed by atoms with E-state index in [4.69, 9.17) is 14.2 Å². The number of carbonyl (C=O) groups excluding carboxylic acids is 1. The highest BCUT2D eigenvalue weighted by Gasteiger charge is 2.39. The van der Waals surface area contributed by atoms with Gasteiger partial charge in [0, 0.05) is 12.1 Å². The molecular formula is C24H23NO8S. The molecule has 34 heavy (non-hydrogen) atoms. The molecule has 1 aliphatic rings. The summed E-state index contributed by atoms with van der Waals surface area (Å²) < 4.78 is 48.8. The first-order valence-electron chi connectivity index (χ1n) is 10.3. The molecule has 9 nitrogen and oxygen atoms in total. The minimum atomic E-state index is -4.05. The van der Waals surface area contributed by atoms with Crippen molar-refractivity contribution in [3.05, 3.63) is 77.9 Å². The van der Waals surface area contributed by atoms with E-state index in [0.29, 0.717) is 34.8 Å². The first-order chi connectivity index (χ1) is 16.3. The predicted molar refractivity (Wildman–Crippen MR) is 121 cm³/mol. The van der Waals surface area contributed by atoms with Crippen molar-refractivity contribution in [2.75, 3.05) is 20.8 Å². The molecule has 1 aliphatic heterocycles. The maximum atomic E-state index is 13.5. The molecule has 178 valence electrons. The van der Waals surface area contributed by atoms with Crippen LogP contribution in [0.3, 0.4) is 0 Å². The number of phenolic OH excluding ortho intramolecular Hbond substituents is 1. The molecule has 1 unspecified atom stereocenters. The molecule has 10 heteroatoms. The number of fused-ring (bicyclic) bond motifs is 1. The summed E-state index contributed by atoms with van der Waals surface area (Å²) in [6.07, 6.45) is -1.92. The van der Waals surface area contributed by atoms with Crippen LogP contribution in [0.15, 0.2) is 71.6 Å². The average molecular weight is 486 g/mol. The second-order valence-corrected chi connectivity index (χ2v) is 9.31. The molecule has 0 amide bonds. The van der Waals surface area contributed by atoms with Crippen molar-refractivity contribution in [2.45, 2.75) is 17.5 Å². The number of nitrogens with zero attached hydrogens (tertiary/aromatic N) is 1. The van der Waals surface area contributed by atoms with Crippen LogP contribution >= 0.6 is 0 Å². The van der Waals surface area contributed by atoms with Gasteiger partial charge in [0.05, 0.1) is 19.1 Å². The van der Waals surface area contributed by atoms with Crippen molar-refractivity contribution in [1.29, 1.82) is 0 Å². The Balaban J connectivity index is 1.60. The third-order valence-electron chi connectivity index (χ3n) is 5.36. The topological polar surface area (TPSA) is 112 Å². The van der Waals surface area contributed by atoms with E-state index in [9.17, 15) is 18.3 Å². The van der Waals surface area contributed by atoms with Gasteiger partial charge in [-0.25, -0.2) is 13.2 Å².